The van der Waals surface area contributed by atoms with Crippen molar-refractivity contribution in [1.29, 1.82) is 0 Å². The van der Waals surface area contributed by atoms with Crippen molar-refractivity contribution >= 4 is 17.5 Å². The second kappa shape index (κ2) is 7.38. The van der Waals surface area contributed by atoms with Crippen LogP contribution in [0, 0.1) is 0 Å². The Morgan fingerprint density at radius 1 is 1.29 bits per heavy atom. The van der Waals surface area contributed by atoms with Crippen LogP contribution in [0.1, 0.15) is 34.5 Å². The molecule has 2 aromatic rings. The summed E-state index contributed by atoms with van der Waals surface area (Å²) in [5.74, 6) is 0.433. The van der Waals surface area contributed by atoms with Crippen LogP contribution < -0.4 is 11.1 Å². The lowest BCUT2D eigenvalue weighted by Gasteiger charge is -2.38. The van der Waals surface area contributed by atoms with Gasteiger partial charge in [-0.05, 0) is 36.6 Å². The van der Waals surface area contributed by atoms with Gasteiger partial charge in [0.2, 0.25) is 0 Å². The smallest absolute Gasteiger partial charge is 0.254 e. The average molecular weight is 349 g/mol. The Kier molecular flexibility index (Phi) is 5.23. The number of benzene rings is 1. The Hall–Kier alpha value is -1.82. The molecule has 1 aromatic heterocycles. The maximum absolute atomic E-state index is 12.4. The van der Waals surface area contributed by atoms with Crippen molar-refractivity contribution in [3.8, 4) is 0 Å². The fraction of sp³-hybridized carbons (Fsp3) is 0.389. The van der Waals surface area contributed by atoms with Crippen LogP contribution in [-0.4, -0.2) is 25.7 Å². The number of carbonyl (C=O) groups is 1. The number of nitrogens with two attached hydrogens (primary N) is 1. The van der Waals surface area contributed by atoms with E-state index >= 15 is 0 Å². The van der Waals surface area contributed by atoms with Gasteiger partial charge in [0.25, 0.3) is 5.91 Å². The quantitative estimate of drug-likeness (QED) is 0.871. The lowest BCUT2D eigenvalue weighted by molar-refractivity contribution is 0.0487. The van der Waals surface area contributed by atoms with Crippen molar-refractivity contribution in [2.45, 2.75) is 24.8 Å². The molecule has 0 unspecified atom stereocenters. The predicted octanol–water partition coefficient (Wildman–Crippen LogP) is 2.87. The number of nitrogens with one attached hydrogen (secondary N) is 1. The summed E-state index contributed by atoms with van der Waals surface area (Å²) in [6.07, 6.45) is 3.12. The van der Waals surface area contributed by atoms with Gasteiger partial charge >= 0.3 is 0 Å². The molecular weight excluding hydrogens is 328 g/mol. The molecule has 0 spiro atoms. The summed E-state index contributed by atoms with van der Waals surface area (Å²) in [4.78, 5) is 12.4. The van der Waals surface area contributed by atoms with Crippen molar-refractivity contribution in [2.75, 3.05) is 19.8 Å². The van der Waals surface area contributed by atoms with Gasteiger partial charge in [0.15, 0.2) is 0 Å². The van der Waals surface area contributed by atoms with Crippen LogP contribution >= 0.6 is 11.6 Å². The molecule has 0 saturated carbocycles. The molecule has 1 aromatic carbocycles. The molecular formula is C18H21ClN2O3. The fourth-order valence-corrected chi connectivity index (χ4v) is 3.30. The van der Waals surface area contributed by atoms with Gasteiger partial charge in [-0.2, -0.15) is 0 Å². The van der Waals surface area contributed by atoms with E-state index in [4.69, 9.17) is 26.5 Å². The third-order valence-electron chi connectivity index (χ3n) is 4.59. The van der Waals surface area contributed by atoms with Crippen LogP contribution in [-0.2, 0) is 16.7 Å². The minimum Gasteiger partial charge on any atom is -0.467 e. The number of hydrogen-bond donors (Lipinski definition) is 2. The summed E-state index contributed by atoms with van der Waals surface area (Å²) in [5, 5.41) is 3.73. The maximum Gasteiger partial charge on any atom is 0.254 e. The molecule has 3 rings (SSSR count). The zero-order valence-corrected chi connectivity index (χ0v) is 14.1. The van der Waals surface area contributed by atoms with Crippen molar-refractivity contribution < 1.29 is 13.9 Å². The first-order valence-electron chi connectivity index (χ1n) is 8.02. The molecule has 6 heteroatoms. The third-order valence-corrected chi connectivity index (χ3v) is 4.83. The summed E-state index contributed by atoms with van der Waals surface area (Å²) >= 11 is 6.16. The maximum atomic E-state index is 12.4. The Labute approximate surface area is 146 Å². The van der Waals surface area contributed by atoms with Crippen LogP contribution in [0.3, 0.4) is 0 Å². The molecule has 1 aliphatic heterocycles. The molecule has 1 saturated heterocycles. The van der Waals surface area contributed by atoms with Crippen molar-refractivity contribution in [1.82, 2.24) is 5.32 Å². The number of carbonyl (C=O) groups excluding carboxylic acids is 1. The Balaban J connectivity index is 1.76. The van der Waals surface area contributed by atoms with Gasteiger partial charge in [-0.1, -0.05) is 23.7 Å². The molecule has 2 heterocycles. The zero-order chi connectivity index (χ0) is 17.0. The van der Waals surface area contributed by atoms with Gasteiger partial charge in [0, 0.05) is 30.2 Å². The number of hydrogen-bond acceptors (Lipinski definition) is 4. The first kappa shape index (κ1) is 17.0. The topological polar surface area (TPSA) is 77.5 Å². The van der Waals surface area contributed by atoms with E-state index < -0.39 is 0 Å². The van der Waals surface area contributed by atoms with Gasteiger partial charge in [-0.3, -0.25) is 4.79 Å². The third kappa shape index (κ3) is 3.64. The summed E-state index contributed by atoms with van der Waals surface area (Å²) in [6, 6.07) is 9.51. The molecule has 128 valence electrons. The van der Waals surface area contributed by atoms with E-state index in [1.54, 1.807) is 6.07 Å². The Bertz CT molecular complexity index is 708. The summed E-state index contributed by atoms with van der Waals surface area (Å²) in [5.41, 5.74) is 6.97. The lowest BCUT2D eigenvalue weighted by atomic mass is 9.74. The number of amides is 1. The lowest BCUT2D eigenvalue weighted by Crippen LogP contribution is -2.44. The van der Waals surface area contributed by atoms with Crippen LogP contribution in [0.2, 0.25) is 5.02 Å². The summed E-state index contributed by atoms with van der Waals surface area (Å²) < 4.78 is 10.7. The summed E-state index contributed by atoms with van der Waals surface area (Å²) in [6.45, 7) is 2.15. The minimum absolute atomic E-state index is 0.161. The van der Waals surface area contributed by atoms with Crippen LogP contribution in [0.25, 0.3) is 0 Å². The standard InChI is InChI=1S/C18H21ClN2O3/c19-15-3-1-2-14(9-15)18(4-6-23-7-5-18)12-21-17(22)13-8-16(10-20)24-11-13/h1-3,8-9,11H,4-7,10,12,20H2,(H,21,22). The van der Waals surface area contributed by atoms with E-state index in [-0.39, 0.29) is 17.9 Å². The van der Waals surface area contributed by atoms with Crippen LogP contribution in [0.5, 0.6) is 0 Å². The molecule has 0 radical (unpaired) electrons. The Morgan fingerprint density at radius 2 is 2.08 bits per heavy atom. The molecule has 0 aliphatic carbocycles. The molecule has 1 fully saturated rings. The first-order chi connectivity index (χ1) is 11.6. The van der Waals surface area contributed by atoms with E-state index in [9.17, 15) is 4.79 Å². The molecule has 5 nitrogen and oxygen atoms in total. The van der Waals surface area contributed by atoms with Gasteiger partial charge < -0.3 is 20.2 Å². The average Bonchev–Trinajstić information content (AvgIpc) is 3.10. The van der Waals surface area contributed by atoms with Gasteiger partial charge in [0.05, 0.1) is 12.1 Å². The van der Waals surface area contributed by atoms with E-state index in [0.29, 0.717) is 36.1 Å². The van der Waals surface area contributed by atoms with Crippen LogP contribution in [0.4, 0.5) is 0 Å². The Morgan fingerprint density at radius 3 is 2.75 bits per heavy atom. The molecule has 0 atom stereocenters. The minimum atomic E-state index is -0.167. The molecule has 0 bridgehead atoms. The highest BCUT2D eigenvalue weighted by Gasteiger charge is 2.35. The fourth-order valence-electron chi connectivity index (χ4n) is 3.11. The van der Waals surface area contributed by atoms with Gasteiger partial charge in [-0.25, -0.2) is 0 Å². The molecule has 24 heavy (non-hydrogen) atoms. The van der Waals surface area contributed by atoms with Crippen LogP contribution in [0.15, 0.2) is 41.0 Å². The second-order valence-electron chi connectivity index (χ2n) is 6.09. The van der Waals surface area contributed by atoms with E-state index in [1.165, 1.54) is 6.26 Å². The SMILES string of the molecule is NCc1cc(C(=O)NCC2(c3cccc(Cl)c3)CCOCC2)co1. The summed E-state index contributed by atoms with van der Waals surface area (Å²) in [7, 11) is 0. The predicted molar refractivity (Wildman–Crippen MR) is 92.1 cm³/mol. The van der Waals surface area contributed by atoms with E-state index in [0.717, 1.165) is 18.4 Å². The second-order valence-corrected chi connectivity index (χ2v) is 6.53. The van der Waals surface area contributed by atoms with Gasteiger partial charge in [0.1, 0.15) is 12.0 Å². The normalized spacial score (nSPS) is 16.8. The highest BCUT2D eigenvalue weighted by atomic mass is 35.5. The monoisotopic (exact) mass is 348 g/mol. The first-order valence-corrected chi connectivity index (χ1v) is 8.40. The number of ether oxygens (including phenoxy) is 1. The van der Waals surface area contributed by atoms with E-state index in [1.807, 2.05) is 18.2 Å². The van der Waals surface area contributed by atoms with Crippen molar-refractivity contribution in [3.05, 3.63) is 58.5 Å². The highest BCUT2D eigenvalue weighted by molar-refractivity contribution is 6.30. The molecule has 3 N–H and O–H groups in total. The largest absolute Gasteiger partial charge is 0.467 e. The van der Waals surface area contributed by atoms with Gasteiger partial charge in [-0.15, -0.1) is 0 Å². The highest BCUT2D eigenvalue weighted by Crippen LogP contribution is 2.35. The number of halogens is 1. The number of furan rings is 1. The van der Waals surface area contributed by atoms with E-state index in [2.05, 4.69) is 11.4 Å². The number of rotatable bonds is 5. The van der Waals surface area contributed by atoms with Crippen molar-refractivity contribution in [3.63, 3.8) is 0 Å². The molecule has 1 aliphatic rings. The molecule has 1 amide bonds. The zero-order valence-electron chi connectivity index (χ0n) is 13.4. The van der Waals surface area contributed by atoms with Crippen molar-refractivity contribution in [2.24, 2.45) is 5.73 Å².